The Kier molecular flexibility index (Phi) is 4.77. The van der Waals surface area contributed by atoms with Gasteiger partial charge in [0.2, 0.25) is 0 Å². The number of hydrogen-bond acceptors (Lipinski definition) is 0. The Morgan fingerprint density at radius 1 is 1.00 bits per heavy atom. The summed E-state index contributed by atoms with van der Waals surface area (Å²) < 4.78 is 1.27. The highest BCUT2D eigenvalue weighted by molar-refractivity contribution is 14.1. The Bertz CT molecular complexity index is 748. The van der Waals surface area contributed by atoms with Gasteiger partial charge in [-0.25, -0.2) is 0 Å². The van der Waals surface area contributed by atoms with E-state index in [-0.39, 0.29) is 5.41 Å². The van der Waals surface area contributed by atoms with Crippen molar-refractivity contribution in [1.82, 2.24) is 0 Å². The summed E-state index contributed by atoms with van der Waals surface area (Å²) in [5.41, 5.74) is 6.63. The van der Waals surface area contributed by atoms with Crippen molar-refractivity contribution in [2.45, 2.75) is 38.5 Å². The first-order chi connectivity index (χ1) is 11.0. The fourth-order valence-electron chi connectivity index (χ4n) is 3.22. The zero-order chi connectivity index (χ0) is 16.4. The Labute approximate surface area is 153 Å². The summed E-state index contributed by atoms with van der Waals surface area (Å²) in [6.07, 6.45) is 7.97. The predicted molar refractivity (Wildman–Crippen MR) is 109 cm³/mol. The number of rotatable bonds is 1. The fourth-order valence-corrected chi connectivity index (χ4v) is 3.58. The first kappa shape index (κ1) is 16.5. The van der Waals surface area contributed by atoms with Gasteiger partial charge in [-0.1, -0.05) is 56.8 Å². The van der Waals surface area contributed by atoms with Crippen LogP contribution in [0.15, 0.2) is 66.8 Å². The molecule has 0 radical (unpaired) electrons. The molecule has 0 fully saturated rings. The highest BCUT2D eigenvalue weighted by atomic mass is 127. The Morgan fingerprint density at radius 2 is 1.70 bits per heavy atom. The third-order valence-corrected chi connectivity index (χ3v) is 5.62. The van der Waals surface area contributed by atoms with Crippen molar-refractivity contribution in [3.05, 3.63) is 81.5 Å². The maximum absolute atomic E-state index is 4.34. The van der Waals surface area contributed by atoms with Crippen LogP contribution < -0.4 is 0 Å². The highest BCUT2D eigenvalue weighted by Gasteiger charge is 2.26. The molecule has 0 aliphatic heterocycles. The minimum absolute atomic E-state index is 0.0324. The van der Waals surface area contributed by atoms with Gasteiger partial charge < -0.3 is 0 Å². The highest BCUT2D eigenvalue weighted by Crippen LogP contribution is 2.37. The molecule has 0 amide bonds. The van der Waals surface area contributed by atoms with Gasteiger partial charge in [0.25, 0.3) is 0 Å². The standard InChI is InChI=1S/C22H23I/c1-16-7-5-4-6-8-18-9-10-19(15-21(18)22(16,2)3)17-11-13-20(23)14-12-17/h5,7,9-15H,1,4,6,8H2,2-3H3/b7-5-. The average Bonchev–Trinajstić information content (AvgIpc) is 2.59. The van der Waals surface area contributed by atoms with Gasteiger partial charge in [-0.15, -0.1) is 0 Å². The third kappa shape index (κ3) is 3.45. The lowest BCUT2D eigenvalue weighted by atomic mass is 9.75. The maximum atomic E-state index is 4.34. The second-order valence-corrected chi connectivity index (χ2v) is 8.07. The van der Waals surface area contributed by atoms with E-state index in [1.54, 1.807) is 0 Å². The lowest BCUT2D eigenvalue weighted by Crippen LogP contribution is -2.20. The van der Waals surface area contributed by atoms with Gasteiger partial charge in [-0.3, -0.25) is 0 Å². The van der Waals surface area contributed by atoms with Crippen LogP contribution in [-0.2, 0) is 11.8 Å². The third-order valence-electron chi connectivity index (χ3n) is 4.90. The lowest BCUT2D eigenvalue weighted by molar-refractivity contribution is 0.632. The summed E-state index contributed by atoms with van der Waals surface area (Å²) >= 11 is 2.35. The molecule has 0 heterocycles. The van der Waals surface area contributed by atoms with Crippen LogP contribution in [0.1, 0.15) is 37.8 Å². The summed E-state index contributed by atoms with van der Waals surface area (Å²) in [6.45, 7) is 8.92. The Balaban J connectivity index is 2.12. The van der Waals surface area contributed by atoms with Gasteiger partial charge in [-0.05, 0) is 87.9 Å². The molecule has 2 aromatic rings. The van der Waals surface area contributed by atoms with Crippen LogP contribution in [0.5, 0.6) is 0 Å². The van der Waals surface area contributed by atoms with Crippen LogP contribution in [0, 0.1) is 3.57 Å². The lowest BCUT2D eigenvalue weighted by Gasteiger charge is -2.29. The van der Waals surface area contributed by atoms with E-state index >= 15 is 0 Å². The largest absolute Gasteiger partial charge is 0.0950 e. The summed E-state index contributed by atoms with van der Waals surface area (Å²) in [5, 5.41) is 0. The van der Waals surface area contributed by atoms with Gasteiger partial charge in [0.15, 0.2) is 0 Å². The molecule has 0 unspecified atom stereocenters. The first-order valence-corrected chi connectivity index (χ1v) is 9.31. The van der Waals surface area contributed by atoms with Gasteiger partial charge in [0.05, 0.1) is 0 Å². The molecule has 1 aliphatic carbocycles. The molecule has 0 nitrogen and oxygen atoms in total. The molecule has 0 aromatic heterocycles. The van der Waals surface area contributed by atoms with Crippen LogP contribution in [0.25, 0.3) is 11.1 Å². The predicted octanol–water partition coefficient (Wildman–Crippen LogP) is 6.68. The molecule has 118 valence electrons. The number of halogens is 1. The van der Waals surface area contributed by atoms with Crippen molar-refractivity contribution in [1.29, 1.82) is 0 Å². The molecule has 0 bridgehead atoms. The molecule has 0 atom stereocenters. The number of fused-ring (bicyclic) bond motifs is 1. The molecule has 23 heavy (non-hydrogen) atoms. The summed E-state index contributed by atoms with van der Waals surface area (Å²) in [6, 6.07) is 15.7. The van der Waals surface area contributed by atoms with E-state index in [9.17, 15) is 0 Å². The van der Waals surface area contributed by atoms with E-state index in [0.29, 0.717) is 0 Å². The molecule has 2 aromatic carbocycles. The molecule has 3 rings (SSSR count). The van der Waals surface area contributed by atoms with Crippen LogP contribution in [0.2, 0.25) is 0 Å². The number of allylic oxidation sites excluding steroid dienone is 3. The molecule has 0 N–H and O–H groups in total. The maximum Gasteiger partial charge on any atom is 0.0143 e. The quantitative estimate of drug-likeness (QED) is 0.457. The fraction of sp³-hybridized carbons (Fsp3) is 0.273. The Morgan fingerprint density at radius 3 is 2.43 bits per heavy atom. The van der Waals surface area contributed by atoms with E-state index < -0.39 is 0 Å². The van der Waals surface area contributed by atoms with Crippen molar-refractivity contribution >= 4 is 22.6 Å². The molecule has 1 heteroatoms. The van der Waals surface area contributed by atoms with Crippen LogP contribution in [0.3, 0.4) is 0 Å². The molecule has 0 saturated heterocycles. The molecular formula is C22H23I. The van der Waals surface area contributed by atoms with E-state index in [2.05, 4.69) is 97.6 Å². The van der Waals surface area contributed by atoms with Crippen molar-refractivity contribution in [3.63, 3.8) is 0 Å². The molecule has 1 aliphatic rings. The van der Waals surface area contributed by atoms with Crippen molar-refractivity contribution in [2.24, 2.45) is 0 Å². The monoisotopic (exact) mass is 414 g/mol. The molecule has 0 saturated carbocycles. The number of aryl methyl sites for hydroxylation is 1. The van der Waals surface area contributed by atoms with Crippen LogP contribution in [0.4, 0.5) is 0 Å². The topological polar surface area (TPSA) is 0 Å². The zero-order valence-corrected chi connectivity index (χ0v) is 16.1. The normalized spacial score (nSPS) is 18.5. The first-order valence-electron chi connectivity index (χ1n) is 8.24. The molecular weight excluding hydrogens is 391 g/mol. The number of benzene rings is 2. The summed E-state index contributed by atoms with van der Waals surface area (Å²) in [5.74, 6) is 0. The minimum Gasteiger partial charge on any atom is -0.0950 e. The van der Waals surface area contributed by atoms with Gasteiger partial charge >= 0.3 is 0 Å². The SMILES string of the molecule is C=C1/C=C\CCCc2ccc(-c3ccc(I)cc3)cc2C1(C)C. The van der Waals surface area contributed by atoms with E-state index in [0.717, 1.165) is 12.8 Å². The minimum atomic E-state index is -0.0324. The van der Waals surface area contributed by atoms with Gasteiger partial charge in [0, 0.05) is 8.99 Å². The average molecular weight is 414 g/mol. The second kappa shape index (κ2) is 6.64. The Hall–Kier alpha value is -1.35. The number of hydrogen-bond donors (Lipinski definition) is 0. The van der Waals surface area contributed by atoms with Crippen molar-refractivity contribution < 1.29 is 0 Å². The van der Waals surface area contributed by atoms with Crippen LogP contribution in [-0.4, -0.2) is 0 Å². The smallest absolute Gasteiger partial charge is 0.0143 e. The summed E-state index contributed by atoms with van der Waals surface area (Å²) in [4.78, 5) is 0. The van der Waals surface area contributed by atoms with E-state index in [4.69, 9.17) is 0 Å². The van der Waals surface area contributed by atoms with Gasteiger partial charge in [-0.2, -0.15) is 0 Å². The van der Waals surface area contributed by atoms with E-state index in [1.165, 1.54) is 37.8 Å². The zero-order valence-electron chi connectivity index (χ0n) is 13.9. The second-order valence-electron chi connectivity index (χ2n) is 6.82. The van der Waals surface area contributed by atoms with E-state index in [1.807, 2.05) is 0 Å². The van der Waals surface area contributed by atoms with Crippen molar-refractivity contribution in [3.8, 4) is 11.1 Å². The van der Waals surface area contributed by atoms with Crippen LogP contribution >= 0.6 is 22.6 Å². The molecule has 0 spiro atoms. The van der Waals surface area contributed by atoms with Gasteiger partial charge in [0.1, 0.15) is 0 Å². The summed E-state index contributed by atoms with van der Waals surface area (Å²) in [7, 11) is 0. The van der Waals surface area contributed by atoms with Crippen molar-refractivity contribution in [2.75, 3.05) is 0 Å².